The van der Waals surface area contributed by atoms with Crippen molar-refractivity contribution >= 4 is 40.7 Å². The third-order valence-electron chi connectivity index (χ3n) is 5.53. The Balaban J connectivity index is 2.26. The maximum absolute atomic E-state index is 13.8. The molecule has 3 aromatic rings. The van der Waals surface area contributed by atoms with Gasteiger partial charge in [-0.1, -0.05) is 79.2 Å². The van der Waals surface area contributed by atoms with E-state index in [2.05, 4.69) is 49.2 Å². The summed E-state index contributed by atoms with van der Waals surface area (Å²) in [7, 11) is 0. The van der Waals surface area contributed by atoms with Crippen molar-refractivity contribution in [3.8, 4) is 0 Å². The van der Waals surface area contributed by atoms with Crippen LogP contribution < -0.4 is 5.32 Å². The highest BCUT2D eigenvalue weighted by atomic mass is 35.5. The fraction of sp³-hybridized carbons (Fsp3) is 0.167. The number of nitrogens with one attached hydrogen (secondary N) is 2. The van der Waals surface area contributed by atoms with E-state index < -0.39 is 0 Å². The lowest BCUT2D eigenvalue weighted by Gasteiger charge is -2.19. The summed E-state index contributed by atoms with van der Waals surface area (Å²) >= 11 is 6.51. The van der Waals surface area contributed by atoms with Gasteiger partial charge in [-0.3, -0.25) is 0 Å². The molecular weight excluding hydrogens is 443 g/mol. The molecule has 3 rings (SSSR count). The van der Waals surface area contributed by atoms with Gasteiger partial charge in [0, 0.05) is 24.0 Å². The van der Waals surface area contributed by atoms with E-state index in [0.29, 0.717) is 11.4 Å². The third kappa shape index (κ3) is 5.92. The first-order valence-electron chi connectivity index (χ1n) is 11.4. The largest absolute Gasteiger partial charge is 0.385 e. The molecule has 2 nitrogen and oxygen atoms in total. The van der Waals surface area contributed by atoms with Gasteiger partial charge in [0.2, 0.25) is 0 Å². The first-order chi connectivity index (χ1) is 16.4. The zero-order chi connectivity index (χ0) is 24.7. The average molecular weight is 473 g/mol. The average Bonchev–Trinajstić information content (AvgIpc) is 2.83. The predicted molar refractivity (Wildman–Crippen MR) is 146 cm³/mol. The molecule has 0 bridgehead atoms. The van der Waals surface area contributed by atoms with E-state index >= 15 is 0 Å². The van der Waals surface area contributed by atoms with Crippen molar-refractivity contribution in [3.63, 3.8) is 0 Å². The fourth-order valence-electron chi connectivity index (χ4n) is 3.94. The molecule has 2 N–H and O–H groups in total. The molecule has 3 aromatic carbocycles. The molecule has 0 aliphatic rings. The quantitative estimate of drug-likeness (QED) is 0.182. The summed E-state index contributed by atoms with van der Waals surface area (Å²) in [6.07, 6.45) is 6.08. The Labute approximate surface area is 207 Å². The Morgan fingerprint density at radius 1 is 1.03 bits per heavy atom. The SMILES string of the molecule is C=C(C)/C=C/c1ccc(/C(=C(/CC)c2ccc(F)cc2Cl)c2ccc(NCC)c(C=N)c2)cc1. The number of hydrogen-bond acceptors (Lipinski definition) is 2. The highest BCUT2D eigenvalue weighted by Crippen LogP contribution is 2.38. The Kier molecular flexibility index (Phi) is 8.61. The van der Waals surface area contributed by atoms with Gasteiger partial charge in [-0.15, -0.1) is 0 Å². The number of halogens is 2. The second-order valence-electron chi connectivity index (χ2n) is 8.11. The minimum atomic E-state index is -0.361. The highest BCUT2D eigenvalue weighted by molar-refractivity contribution is 6.32. The molecule has 0 aliphatic carbocycles. The lowest BCUT2D eigenvalue weighted by molar-refractivity contribution is 0.628. The van der Waals surface area contributed by atoms with Crippen molar-refractivity contribution in [2.24, 2.45) is 0 Å². The third-order valence-corrected chi connectivity index (χ3v) is 5.85. The van der Waals surface area contributed by atoms with Gasteiger partial charge in [0.25, 0.3) is 0 Å². The van der Waals surface area contributed by atoms with Crippen LogP contribution in [0.4, 0.5) is 10.1 Å². The van der Waals surface area contributed by atoms with Crippen LogP contribution in [-0.2, 0) is 0 Å². The van der Waals surface area contributed by atoms with E-state index in [1.807, 2.05) is 38.1 Å². The lowest BCUT2D eigenvalue weighted by atomic mass is 9.87. The van der Waals surface area contributed by atoms with Crippen molar-refractivity contribution in [1.82, 2.24) is 0 Å². The van der Waals surface area contributed by atoms with Gasteiger partial charge in [-0.2, -0.15) is 0 Å². The molecule has 0 saturated carbocycles. The lowest BCUT2D eigenvalue weighted by Crippen LogP contribution is -2.02. The van der Waals surface area contributed by atoms with Gasteiger partial charge in [-0.25, -0.2) is 4.39 Å². The second-order valence-corrected chi connectivity index (χ2v) is 8.52. The van der Waals surface area contributed by atoms with Crippen molar-refractivity contribution in [3.05, 3.63) is 118 Å². The molecule has 0 aromatic heterocycles. The van der Waals surface area contributed by atoms with Crippen LogP contribution in [0.15, 0.2) is 78.9 Å². The normalized spacial score (nSPS) is 11.9. The molecular formula is C30H30ClFN2. The van der Waals surface area contributed by atoms with Gasteiger partial charge in [0.15, 0.2) is 0 Å². The highest BCUT2D eigenvalue weighted by Gasteiger charge is 2.17. The van der Waals surface area contributed by atoms with E-state index in [9.17, 15) is 4.39 Å². The summed E-state index contributed by atoms with van der Waals surface area (Å²) in [4.78, 5) is 0. The minimum Gasteiger partial charge on any atom is -0.385 e. The van der Waals surface area contributed by atoms with Gasteiger partial charge in [0.05, 0.1) is 5.02 Å². The van der Waals surface area contributed by atoms with E-state index in [1.165, 1.54) is 18.3 Å². The fourth-order valence-corrected chi connectivity index (χ4v) is 4.22. The number of anilines is 1. The van der Waals surface area contributed by atoms with Crippen LogP contribution in [0.25, 0.3) is 17.2 Å². The van der Waals surface area contributed by atoms with Gasteiger partial charge in [-0.05, 0) is 77.9 Å². The van der Waals surface area contributed by atoms with Crippen LogP contribution >= 0.6 is 11.6 Å². The maximum atomic E-state index is 13.8. The Bertz CT molecular complexity index is 1250. The first-order valence-corrected chi connectivity index (χ1v) is 11.8. The standard InChI is InChI=1S/C30H30ClFN2/c1-5-26(27-15-14-25(32)18-28(27)31)30(22-11-9-21(10-12-22)8-7-20(3)4)23-13-16-29(34-6-2)24(17-23)19-33/h7-19,33-34H,3,5-6H2,1-2,4H3/b8-7+,30-26+,33-19?. The monoisotopic (exact) mass is 472 g/mol. The zero-order valence-corrected chi connectivity index (χ0v) is 20.6. The van der Waals surface area contributed by atoms with Crippen LogP contribution in [0.3, 0.4) is 0 Å². The Morgan fingerprint density at radius 3 is 2.32 bits per heavy atom. The number of benzene rings is 3. The predicted octanol–water partition coefficient (Wildman–Crippen LogP) is 8.87. The summed E-state index contributed by atoms with van der Waals surface area (Å²) in [6.45, 7) is 10.8. The van der Waals surface area contributed by atoms with Crippen molar-refractivity contribution in [1.29, 1.82) is 5.41 Å². The summed E-state index contributed by atoms with van der Waals surface area (Å²) in [5.74, 6) is -0.361. The molecule has 0 aliphatic heterocycles. The second kappa shape index (κ2) is 11.6. The first kappa shape index (κ1) is 25.2. The number of hydrogen-bond donors (Lipinski definition) is 2. The molecule has 0 atom stereocenters. The number of allylic oxidation sites excluding steroid dienone is 3. The molecule has 0 fully saturated rings. The topological polar surface area (TPSA) is 35.9 Å². The van der Waals surface area contributed by atoms with Crippen LogP contribution in [0.5, 0.6) is 0 Å². The molecule has 0 radical (unpaired) electrons. The summed E-state index contributed by atoms with van der Waals surface area (Å²) in [5.41, 5.74) is 8.62. The van der Waals surface area contributed by atoms with E-state index in [4.69, 9.17) is 17.0 Å². The van der Waals surface area contributed by atoms with Crippen LogP contribution in [-0.4, -0.2) is 12.8 Å². The Morgan fingerprint density at radius 2 is 1.74 bits per heavy atom. The number of rotatable bonds is 9. The van der Waals surface area contributed by atoms with Crippen molar-refractivity contribution in [2.75, 3.05) is 11.9 Å². The van der Waals surface area contributed by atoms with Gasteiger partial charge >= 0.3 is 0 Å². The van der Waals surface area contributed by atoms with Crippen LogP contribution in [0.2, 0.25) is 5.02 Å². The molecule has 174 valence electrons. The molecule has 4 heteroatoms. The van der Waals surface area contributed by atoms with Crippen molar-refractivity contribution in [2.45, 2.75) is 27.2 Å². The summed E-state index contributed by atoms with van der Waals surface area (Å²) in [6, 6.07) is 18.9. The molecule has 0 spiro atoms. The van der Waals surface area contributed by atoms with Crippen LogP contribution in [0.1, 0.15) is 55.0 Å². The molecule has 0 amide bonds. The molecule has 0 heterocycles. The minimum absolute atomic E-state index is 0.361. The van der Waals surface area contributed by atoms with Crippen LogP contribution in [0, 0.1) is 11.2 Å². The molecule has 0 saturated heterocycles. The smallest absolute Gasteiger partial charge is 0.124 e. The maximum Gasteiger partial charge on any atom is 0.124 e. The van der Waals surface area contributed by atoms with E-state index in [0.717, 1.165) is 56.8 Å². The molecule has 34 heavy (non-hydrogen) atoms. The Hall–Kier alpha value is -3.43. The van der Waals surface area contributed by atoms with E-state index in [-0.39, 0.29) is 5.82 Å². The van der Waals surface area contributed by atoms with Gasteiger partial charge < -0.3 is 10.7 Å². The zero-order valence-electron chi connectivity index (χ0n) is 19.9. The van der Waals surface area contributed by atoms with Gasteiger partial charge in [0.1, 0.15) is 5.82 Å². The summed E-state index contributed by atoms with van der Waals surface area (Å²) < 4.78 is 13.8. The molecule has 0 unspecified atom stereocenters. The van der Waals surface area contributed by atoms with E-state index in [1.54, 1.807) is 6.07 Å². The summed E-state index contributed by atoms with van der Waals surface area (Å²) in [5, 5.41) is 11.6. The van der Waals surface area contributed by atoms with Crippen molar-refractivity contribution < 1.29 is 4.39 Å².